The summed E-state index contributed by atoms with van der Waals surface area (Å²) >= 11 is 0. The fraction of sp³-hybridized carbons (Fsp3) is 0.478. The highest BCUT2D eigenvalue weighted by Crippen LogP contribution is 2.14. The van der Waals surface area contributed by atoms with Gasteiger partial charge in [-0.1, -0.05) is 36.8 Å². The number of likely N-dealkylation sites (tertiary alicyclic amines) is 1. The molecule has 1 aromatic heterocycles. The quantitative estimate of drug-likeness (QED) is 0.545. The smallest absolute Gasteiger partial charge is 0.191 e. The Morgan fingerprint density at radius 3 is 2.50 bits per heavy atom. The Hall–Kier alpha value is -2.40. The van der Waals surface area contributed by atoms with E-state index in [2.05, 4.69) is 57.8 Å². The Kier molecular flexibility index (Phi) is 8.31. The van der Waals surface area contributed by atoms with Gasteiger partial charge in [0.1, 0.15) is 0 Å². The minimum absolute atomic E-state index is 0.687. The normalized spacial score (nSPS) is 15.4. The number of hydrogen-bond donors (Lipinski definition) is 2. The fourth-order valence-electron chi connectivity index (χ4n) is 3.51. The van der Waals surface area contributed by atoms with E-state index in [0.717, 1.165) is 32.0 Å². The zero-order valence-corrected chi connectivity index (χ0v) is 17.0. The van der Waals surface area contributed by atoms with E-state index in [9.17, 15) is 0 Å². The molecule has 5 nitrogen and oxygen atoms in total. The van der Waals surface area contributed by atoms with E-state index < -0.39 is 0 Å². The van der Waals surface area contributed by atoms with Crippen molar-refractivity contribution in [2.45, 2.75) is 45.7 Å². The lowest BCUT2D eigenvalue weighted by atomic mass is 10.1. The number of pyridine rings is 1. The zero-order valence-electron chi connectivity index (χ0n) is 17.0. The van der Waals surface area contributed by atoms with Crippen LogP contribution in [0.1, 0.15) is 42.9 Å². The highest BCUT2D eigenvalue weighted by atomic mass is 15.2. The van der Waals surface area contributed by atoms with Crippen molar-refractivity contribution in [2.75, 3.05) is 26.2 Å². The Morgan fingerprint density at radius 2 is 1.79 bits per heavy atom. The molecular weight excluding hydrogens is 346 g/mol. The molecule has 0 bridgehead atoms. The third-order valence-corrected chi connectivity index (χ3v) is 5.07. The second-order valence-electron chi connectivity index (χ2n) is 7.39. The third kappa shape index (κ3) is 6.97. The maximum atomic E-state index is 4.73. The Balaban J connectivity index is 1.47. The molecule has 0 saturated carbocycles. The van der Waals surface area contributed by atoms with E-state index >= 15 is 0 Å². The van der Waals surface area contributed by atoms with Crippen molar-refractivity contribution in [1.29, 1.82) is 0 Å². The second kappa shape index (κ2) is 11.4. The van der Waals surface area contributed by atoms with Crippen LogP contribution in [-0.4, -0.2) is 42.0 Å². The second-order valence-corrected chi connectivity index (χ2v) is 7.39. The topological polar surface area (TPSA) is 52.6 Å². The van der Waals surface area contributed by atoms with Gasteiger partial charge in [-0.15, -0.1) is 0 Å². The number of guanidine groups is 1. The summed E-state index contributed by atoms with van der Waals surface area (Å²) in [6.07, 6.45) is 8.72. The predicted molar refractivity (Wildman–Crippen MR) is 116 cm³/mol. The van der Waals surface area contributed by atoms with Crippen molar-refractivity contribution in [3.63, 3.8) is 0 Å². The van der Waals surface area contributed by atoms with E-state index in [1.807, 2.05) is 12.3 Å². The van der Waals surface area contributed by atoms with Crippen LogP contribution in [0.3, 0.4) is 0 Å². The van der Waals surface area contributed by atoms with Crippen LogP contribution in [0.25, 0.3) is 0 Å². The van der Waals surface area contributed by atoms with Crippen molar-refractivity contribution >= 4 is 5.96 Å². The Morgan fingerprint density at radius 1 is 1.00 bits per heavy atom. The van der Waals surface area contributed by atoms with Crippen LogP contribution in [0.15, 0.2) is 53.8 Å². The molecule has 2 aromatic rings. The average molecular weight is 380 g/mol. The van der Waals surface area contributed by atoms with Gasteiger partial charge in [0.25, 0.3) is 0 Å². The number of aromatic nitrogens is 1. The molecular formula is C23H33N5. The van der Waals surface area contributed by atoms with Crippen molar-refractivity contribution in [1.82, 2.24) is 20.5 Å². The first kappa shape index (κ1) is 20.3. The van der Waals surface area contributed by atoms with Crippen molar-refractivity contribution in [2.24, 2.45) is 4.99 Å². The summed E-state index contributed by atoms with van der Waals surface area (Å²) in [7, 11) is 0. The maximum Gasteiger partial charge on any atom is 0.191 e. The summed E-state index contributed by atoms with van der Waals surface area (Å²) in [6, 6.07) is 13.0. The molecule has 1 aliphatic rings. The average Bonchev–Trinajstić information content (AvgIpc) is 2.74. The molecule has 5 heteroatoms. The number of nitrogens with zero attached hydrogens (tertiary/aromatic N) is 3. The molecule has 2 N–H and O–H groups in total. The molecule has 0 aliphatic carbocycles. The molecule has 1 fully saturated rings. The SMILES string of the molecule is CCNC(=NCc1ccc(CN2CCCCC2)cc1)NCCc1cccnc1. The number of nitrogens with one attached hydrogen (secondary N) is 2. The first-order valence-electron chi connectivity index (χ1n) is 10.5. The van der Waals surface area contributed by atoms with Gasteiger partial charge in [0.2, 0.25) is 0 Å². The lowest BCUT2D eigenvalue weighted by molar-refractivity contribution is 0.221. The predicted octanol–water partition coefficient (Wildman–Crippen LogP) is 3.37. The molecule has 0 spiro atoms. The van der Waals surface area contributed by atoms with E-state index in [1.165, 1.54) is 49.0 Å². The minimum Gasteiger partial charge on any atom is -0.357 e. The fourth-order valence-corrected chi connectivity index (χ4v) is 3.51. The summed E-state index contributed by atoms with van der Waals surface area (Å²) in [4.78, 5) is 11.5. The van der Waals surface area contributed by atoms with Crippen molar-refractivity contribution < 1.29 is 0 Å². The van der Waals surface area contributed by atoms with Gasteiger partial charge < -0.3 is 10.6 Å². The Labute approximate surface area is 169 Å². The van der Waals surface area contributed by atoms with Gasteiger partial charge in [0.15, 0.2) is 5.96 Å². The van der Waals surface area contributed by atoms with Gasteiger partial charge in [-0.05, 0) is 62.0 Å². The molecule has 2 heterocycles. The van der Waals surface area contributed by atoms with Crippen molar-refractivity contribution in [3.8, 4) is 0 Å². The summed E-state index contributed by atoms with van der Waals surface area (Å²) < 4.78 is 0. The largest absolute Gasteiger partial charge is 0.357 e. The molecule has 0 amide bonds. The maximum absolute atomic E-state index is 4.73. The first-order valence-corrected chi connectivity index (χ1v) is 10.5. The number of benzene rings is 1. The third-order valence-electron chi connectivity index (χ3n) is 5.07. The standard InChI is InChI=1S/C23H33N5/c1-2-25-23(26-14-12-20-7-6-13-24-17-20)27-18-21-8-10-22(11-9-21)19-28-15-4-3-5-16-28/h6-11,13,17H,2-5,12,14-16,18-19H2,1H3,(H2,25,26,27). The highest BCUT2D eigenvalue weighted by Gasteiger charge is 2.10. The van der Waals surface area contributed by atoms with Crippen LogP contribution in [0.4, 0.5) is 0 Å². The number of aliphatic imine (C=N–C) groups is 1. The molecule has 28 heavy (non-hydrogen) atoms. The van der Waals surface area contributed by atoms with Gasteiger partial charge in [0.05, 0.1) is 6.54 Å². The number of rotatable bonds is 8. The molecule has 1 aromatic carbocycles. The number of piperidine rings is 1. The monoisotopic (exact) mass is 379 g/mol. The lowest BCUT2D eigenvalue weighted by Gasteiger charge is -2.26. The van der Waals surface area contributed by atoms with Crippen LogP contribution in [-0.2, 0) is 19.5 Å². The van der Waals surface area contributed by atoms with Crippen LogP contribution >= 0.6 is 0 Å². The molecule has 1 saturated heterocycles. The molecule has 3 rings (SSSR count). The summed E-state index contributed by atoms with van der Waals surface area (Å²) in [6.45, 7) is 8.02. The van der Waals surface area contributed by atoms with E-state index in [0.29, 0.717) is 6.54 Å². The summed E-state index contributed by atoms with van der Waals surface area (Å²) in [5.74, 6) is 0.865. The first-order chi connectivity index (χ1) is 13.8. The summed E-state index contributed by atoms with van der Waals surface area (Å²) in [5, 5.41) is 6.73. The van der Waals surface area contributed by atoms with Crippen LogP contribution < -0.4 is 10.6 Å². The van der Waals surface area contributed by atoms with Gasteiger partial charge >= 0.3 is 0 Å². The minimum atomic E-state index is 0.687. The molecule has 0 atom stereocenters. The molecule has 150 valence electrons. The van der Waals surface area contributed by atoms with E-state index in [1.54, 1.807) is 6.20 Å². The van der Waals surface area contributed by atoms with E-state index in [-0.39, 0.29) is 0 Å². The van der Waals surface area contributed by atoms with E-state index in [4.69, 9.17) is 4.99 Å². The van der Waals surface area contributed by atoms with Gasteiger partial charge in [0, 0.05) is 32.0 Å². The Bertz CT molecular complexity index is 706. The van der Waals surface area contributed by atoms with Crippen LogP contribution in [0, 0.1) is 0 Å². The van der Waals surface area contributed by atoms with Gasteiger partial charge in [-0.2, -0.15) is 0 Å². The lowest BCUT2D eigenvalue weighted by Crippen LogP contribution is -2.38. The van der Waals surface area contributed by atoms with Crippen molar-refractivity contribution in [3.05, 3.63) is 65.5 Å². The van der Waals surface area contributed by atoms with Crippen LogP contribution in [0.2, 0.25) is 0 Å². The number of hydrogen-bond acceptors (Lipinski definition) is 3. The molecule has 1 aliphatic heterocycles. The van der Waals surface area contributed by atoms with Crippen LogP contribution in [0.5, 0.6) is 0 Å². The zero-order chi connectivity index (χ0) is 19.4. The highest BCUT2D eigenvalue weighted by molar-refractivity contribution is 5.79. The molecule has 0 radical (unpaired) electrons. The van der Waals surface area contributed by atoms with Gasteiger partial charge in [-0.3, -0.25) is 9.88 Å². The van der Waals surface area contributed by atoms with Gasteiger partial charge in [-0.25, -0.2) is 4.99 Å². The summed E-state index contributed by atoms with van der Waals surface area (Å²) in [5.41, 5.74) is 3.87. The molecule has 0 unspecified atom stereocenters.